The maximum atomic E-state index is 11.6. The number of carbonyl (C=O) groups is 1. The average Bonchev–Trinajstić information content (AvgIpc) is 2.86. The van der Waals surface area contributed by atoms with Crippen LogP contribution in [0.3, 0.4) is 0 Å². The molecule has 2 aromatic heterocycles. The van der Waals surface area contributed by atoms with Crippen LogP contribution >= 0.6 is 0 Å². The van der Waals surface area contributed by atoms with Crippen molar-refractivity contribution in [1.82, 2.24) is 15.1 Å². The van der Waals surface area contributed by atoms with E-state index in [1.165, 1.54) is 0 Å². The Morgan fingerprint density at radius 1 is 1.40 bits per heavy atom. The van der Waals surface area contributed by atoms with Crippen molar-refractivity contribution in [3.8, 4) is 5.88 Å². The second-order valence-electron chi connectivity index (χ2n) is 4.79. The highest BCUT2D eigenvalue weighted by Gasteiger charge is 2.14. The Kier molecular flexibility index (Phi) is 4.45. The van der Waals surface area contributed by atoms with Gasteiger partial charge in [0.2, 0.25) is 11.8 Å². The van der Waals surface area contributed by atoms with Crippen LogP contribution < -0.4 is 4.74 Å². The summed E-state index contributed by atoms with van der Waals surface area (Å²) in [6.45, 7) is 3.70. The van der Waals surface area contributed by atoms with E-state index in [2.05, 4.69) is 15.1 Å². The molecule has 0 bridgehead atoms. The molecule has 0 aliphatic rings. The summed E-state index contributed by atoms with van der Waals surface area (Å²) >= 11 is 0. The standard InChI is InChI=1S/C14H17N3O3/c1-9(2)11(18)7-14-16-12(17-20-14)6-10-4-5-13(19-3)15-8-10/h4-5,8-9H,6-7H2,1-3H3. The van der Waals surface area contributed by atoms with Crippen LogP contribution in [-0.2, 0) is 17.6 Å². The van der Waals surface area contributed by atoms with Gasteiger partial charge in [-0.05, 0) is 5.56 Å². The molecule has 0 saturated heterocycles. The predicted molar refractivity (Wildman–Crippen MR) is 71.4 cm³/mol. The van der Waals surface area contributed by atoms with Gasteiger partial charge in [0.25, 0.3) is 0 Å². The van der Waals surface area contributed by atoms with Gasteiger partial charge in [-0.1, -0.05) is 25.1 Å². The molecule has 20 heavy (non-hydrogen) atoms. The van der Waals surface area contributed by atoms with Gasteiger partial charge in [-0.15, -0.1) is 0 Å². The molecule has 0 spiro atoms. The Labute approximate surface area is 117 Å². The largest absolute Gasteiger partial charge is 0.481 e. The third-order valence-corrected chi connectivity index (χ3v) is 2.85. The molecule has 2 aromatic rings. The van der Waals surface area contributed by atoms with Crippen LogP contribution in [-0.4, -0.2) is 28.0 Å². The molecule has 6 nitrogen and oxygen atoms in total. The lowest BCUT2D eigenvalue weighted by atomic mass is 10.1. The summed E-state index contributed by atoms with van der Waals surface area (Å²) in [6, 6.07) is 3.67. The summed E-state index contributed by atoms with van der Waals surface area (Å²) in [7, 11) is 1.57. The first kappa shape index (κ1) is 14.2. The van der Waals surface area contributed by atoms with Gasteiger partial charge < -0.3 is 9.26 Å². The molecule has 0 unspecified atom stereocenters. The van der Waals surface area contributed by atoms with Gasteiger partial charge in [-0.25, -0.2) is 4.98 Å². The molecule has 0 aliphatic carbocycles. The second kappa shape index (κ2) is 6.27. The number of aromatic nitrogens is 3. The van der Waals surface area contributed by atoms with Gasteiger partial charge in [0.1, 0.15) is 5.78 Å². The summed E-state index contributed by atoms with van der Waals surface area (Å²) in [6.07, 6.45) is 2.40. The highest BCUT2D eigenvalue weighted by Crippen LogP contribution is 2.11. The lowest BCUT2D eigenvalue weighted by Gasteiger charge is -1.99. The van der Waals surface area contributed by atoms with E-state index >= 15 is 0 Å². The molecule has 0 atom stereocenters. The minimum Gasteiger partial charge on any atom is -0.481 e. The Hall–Kier alpha value is -2.24. The van der Waals surface area contributed by atoms with Crippen molar-refractivity contribution in [1.29, 1.82) is 0 Å². The molecule has 2 heterocycles. The Balaban J connectivity index is 1.99. The first-order valence-electron chi connectivity index (χ1n) is 6.41. The normalized spacial score (nSPS) is 10.8. The maximum absolute atomic E-state index is 11.6. The number of rotatable bonds is 6. The van der Waals surface area contributed by atoms with Crippen LogP contribution in [0.15, 0.2) is 22.9 Å². The quantitative estimate of drug-likeness (QED) is 0.800. The third-order valence-electron chi connectivity index (χ3n) is 2.85. The Bertz CT molecular complexity index is 576. The van der Waals surface area contributed by atoms with Crippen LogP contribution in [0.4, 0.5) is 0 Å². The number of ketones is 1. The van der Waals surface area contributed by atoms with Crippen molar-refractivity contribution in [2.24, 2.45) is 5.92 Å². The van der Waals surface area contributed by atoms with Crippen LogP contribution in [0.1, 0.15) is 31.1 Å². The number of carbonyl (C=O) groups excluding carboxylic acids is 1. The van der Waals surface area contributed by atoms with Gasteiger partial charge >= 0.3 is 0 Å². The number of ether oxygens (including phenoxy) is 1. The second-order valence-corrected chi connectivity index (χ2v) is 4.79. The lowest BCUT2D eigenvalue weighted by Crippen LogP contribution is -2.10. The number of methoxy groups -OCH3 is 1. The monoisotopic (exact) mass is 275 g/mol. The fourth-order valence-electron chi connectivity index (χ4n) is 1.61. The zero-order valence-electron chi connectivity index (χ0n) is 11.8. The zero-order valence-corrected chi connectivity index (χ0v) is 11.8. The van der Waals surface area contributed by atoms with Gasteiger partial charge in [0.15, 0.2) is 5.82 Å². The highest BCUT2D eigenvalue weighted by atomic mass is 16.5. The van der Waals surface area contributed by atoms with E-state index < -0.39 is 0 Å². The first-order chi connectivity index (χ1) is 9.58. The number of hydrogen-bond donors (Lipinski definition) is 0. The first-order valence-corrected chi connectivity index (χ1v) is 6.41. The van der Waals surface area contributed by atoms with Crippen molar-refractivity contribution in [3.05, 3.63) is 35.6 Å². The molecule has 0 N–H and O–H groups in total. The van der Waals surface area contributed by atoms with Crippen molar-refractivity contribution in [2.45, 2.75) is 26.7 Å². The van der Waals surface area contributed by atoms with E-state index in [9.17, 15) is 4.79 Å². The van der Waals surface area contributed by atoms with E-state index in [0.717, 1.165) is 5.56 Å². The third kappa shape index (κ3) is 3.63. The van der Waals surface area contributed by atoms with Gasteiger partial charge in [0, 0.05) is 24.6 Å². The van der Waals surface area contributed by atoms with Gasteiger partial charge in [-0.2, -0.15) is 4.98 Å². The number of hydrogen-bond acceptors (Lipinski definition) is 6. The fourth-order valence-corrected chi connectivity index (χ4v) is 1.61. The van der Waals surface area contributed by atoms with Crippen molar-refractivity contribution >= 4 is 5.78 Å². The van der Waals surface area contributed by atoms with Gasteiger partial charge in [0.05, 0.1) is 13.5 Å². The summed E-state index contributed by atoms with van der Waals surface area (Å²) in [5, 5.41) is 3.87. The topological polar surface area (TPSA) is 78.1 Å². The molecule has 0 fully saturated rings. The molecule has 0 amide bonds. The van der Waals surface area contributed by atoms with Crippen LogP contribution in [0.2, 0.25) is 0 Å². The minimum absolute atomic E-state index is 0.0314. The molecular weight excluding hydrogens is 258 g/mol. The summed E-state index contributed by atoms with van der Waals surface area (Å²) in [4.78, 5) is 19.9. The molecule has 106 valence electrons. The Morgan fingerprint density at radius 2 is 2.20 bits per heavy atom. The number of pyridine rings is 1. The predicted octanol–water partition coefficient (Wildman–Crippen LogP) is 1.83. The van der Waals surface area contributed by atoms with Crippen LogP contribution in [0, 0.1) is 5.92 Å². The molecule has 2 rings (SSSR count). The average molecular weight is 275 g/mol. The molecule has 0 saturated carbocycles. The van der Waals surface area contributed by atoms with Crippen molar-refractivity contribution in [3.63, 3.8) is 0 Å². The van der Waals surface area contributed by atoms with Crippen molar-refractivity contribution < 1.29 is 14.1 Å². The van der Waals surface area contributed by atoms with Crippen molar-refractivity contribution in [2.75, 3.05) is 7.11 Å². The van der Waals surface area contributed by atoms with E-state index in [0.29, 0.717) is 24.0 Å². The summed E-state index contributed by atoms with van der Waals surface area (Å²) in [5.41, 5.74) is 0.952. The van der Waals surface area contributed by atoms with E-state index in [4.69, 9.17) is 9.26 Å². The number of Topliss-reactive ketones (excluding diaryl/α,β-unsaturated/α-hetero) is 1. The van der Waals surface area contributed by atoms with Crippen LogP contribution in [0.5, 0.6) is 5.88 Å². The molecule has 0 radical (unpaired) electrons. The summed E-state index contributed by atoms with van der Waals surface area (Å²) in [5.74, 6) is 1.52. The molecule has 6 heteroatoms. The van der Waals surface area contributed by atoms with E-state index in [-0.39, 0.29) is 18.1 Å². The molecule has 0 aromatic carbocycles. The van der Waals surface area contributed by atoms with Gasteiger partial charge in [-0.3, -0.25) is 4.79 Å². The van der Waals surface area contributed by atoms with Crippen LogP contribution in [0.25, 0.3) is 0 Å². The van der Waals surface area contributed by atoms with E-state index in [1.54, 1.807) is 19.4 Å². The van der Waals surface area contributed by atoms with E-state index in [1.807, 2.05) is 19.9 Å². The zero-order chi connectivity index (χ0) is 14.5. The lowest BCUT2D eigenvalue weighted by molar-refractivity contribution is -0.121. The smallest absolute Gasteiger partial charge is 0.234 e. The minimum atomic E-state index is -0.0314. The molecule has 0 aliphatic heterocycles. The summed E-state index contributed by atoms with van der Waals surface area (Å²) < 4.78 is 10.1. The maximum Gasteiger partial charge on any atom is 0.234 e. The Morgan fingerprint density at radius 3 is 2.80 bits per heavy atom. The molecular formula is C14H17N3O3. The number of nitrogens with zero attached hydrogens (tertiary/aromatic N) is 3. The highest BCUT2D eigenvalue weighted by molar-refractivity contribution is 5.81. The SMILES string of the molecule is COc1ccc(Cc2noc(CC(=O)C(C)C)n2)cn1. The fraction of sp³-hybridized carbons (Fsp3) is 0.429.